The van der Waals surface area contributed by atoms with E-state index in [0.717, 1.165) is 5.69 Å². The van der Waals surface area contributed by atoms with Gasteiger partial charge in [-0.3, -0.25) is 0 Å². The molecule has 3 nitrogen and oxygen atoms in total. The third-order valence-corrected chi connectivity index (χ3v) is 2.47. The van der Waals surface area contributed by atoms with Crippen LogP contribution in [0.1, 0.15) is 26.3 Å². The van der Waals surface area contributed by atoms with Crippen molar-refractivity contribution < 1.29 is 4.39 Å². The van der Waals surface area contributed by atoms with Crippen LogP contribution in [0.25, 0.3) is 5.69 Å². The lowest BCUT2D eigenvalue weighted by molar-refractivity contribution is 0.401. The van der Waals surface area contributed by atoms with Gasteiger partial charge in [-0.05, 0) is 24.0 Å². The van der Waals surface area contributed by atoms with Crippen LogP contribution in [-0.4, -0.2) is 14.8 Å². The molecule has 4 heteroatoms. The van der Waals surface area contributed by atoms with Crippen molar-refractivity contribution in [2.75, 3.05) is 0 Å². The Bertz CT molecular complexity index is 498. The minimum atomic E-state index is -0.187. The van der Waals surface area contributed by atoms with Crippen molar-refractivity contribution >= 4 is 0 Å². The minimum Gasteiger partial charge on any atom is -0.223 e. The predicted molar refractivity (Wildman–Crippen MR) is 64.5 cm³/mol. The third-order valence-electron chi connectivity index (χ3n) is 2.47. The SMILES string of the molecule is CC(C)(C)Cc1c(F)cccc1-n1cncn1. The van der Waals surface area contributed by atoms with Crippen LogP contribution in [0.3, 0.4) is 0 Å². The minimum absolute atomic E-state index is 0.0253. The zero-order valence-electron chi connectivity index (χ0n) is 10.3. The van der Waals surface area contributed by atoms with E-state index in [1.165, 1.54) is 12.4 Å². The second kappa shape index (κ2) is 4.28. The highest BCUT2D eigenvalue weighted by Gasteiger charge is 2.18. The highest BCUT2D eigenvalue weighted by molar-refractivity contribution is 5.41. The van der Waals surface area contributed by atoms with Gasteiger partial charge in [-0.25, -0.2) is 14.1 Å². The molecule has 1 aromatic carbocycles. The molecule has 0 bridgehead atoms. The summed E-state index contributed by atoms with van der Waals surface area (Å²) in [5, 5.41) is 4.06. The fourth-order valence-corrected chi connectivity index (χ4v) is 1.80. The van der Waals surface area contributed by atoms with E-state index in [4.69, 9.17) is 0 Å². The molecule has 2 aromatic rings. The molecule has 0 N–H and O–H groups in total. The van der Waals surface area contributed by atoms with Crippen molar-refractivity contribution in [2.45, 2.75) is 27.2 Å². The molecular formula is C13H16FN3. The van der Waals surface area contributed by atoms with E-state index < -0.39 is 0 Å². The Morgan fingerprint density at radius 1 is 1.29 bits per heavy atom. The Hall–Kier alpha value is -1.71. The molecule has 0 aliphatic heterocycles. The van der Waals surface area contributed by atoms with Crippen molar-refractivity contribution in [2.24, 2.45) is 5.41 Å². The van der Waals surface area contributed by atoms with Gasteiger partial charge in [0.25, 0.3) is 0 Å². The van der Waals surface area contributed by atoms with E-state index in [2.05, 4.69) is 30.9 Å². The van der Waals surface area contributed by atoms with Crippen molar-refractivity contribution in [3.63, 3.8) is 0 Å². The standard InChI is InChI=1S/C13H16FN3/c1-13(2,3)7-10-11(14)5-4-6-12(10)17-9-15-8-16-17/h4-6,8-9H,7H2,1-3H3. The second-order valence-corrected chi connectivity index (χ2v) is 5.32. The van der Waals surface area contributed by atoms with E-state index in [1.54, 1.807) is 17.1 Å². The number of nitrogens with zero attached hydrogens (tertiary/aromatic N) is 3. The van der Waals surface area contributed by atoms with Crippen LogP contribution in [0, 0.1) is 11.2 Å². The molecule has 0 spiro atoms. The Labute approximate surface area is 100 Å². The lowest BCUT2D eigenvalue weighted by Gasteiger charge is -2.20. The smallest absolute Gasteiger partial charge is 0.138 e. The summed E-state index contributed by atoms with van der Waals surface area (Å²) in [7, 11) is 0. The van der Waals surface area contributed by atoms with Crippen molar-refractivity contribution in [3.8, 4) is 5.69 Å². The molecule has 0 aliphatic rings. The summed E-state index contributed by atoms with van der Waals surface area (Å²) in [6, 6.07) is 5.04. The summed E-state index contributed by atoms with van der Waals surface area (Å²) in [5.74, 6) is -0.187. The maximum absolute atomic E-state index is 13.9. The highest BCUT2D eigenvalue weighted by atomic mass is 19.1. The summed E-state index contributed by atoms with van der Waals surface area (Å²) in [6.07, 6.45) is 3.70. The van der Waals surface area contributed by atoms with Crippen LogP contribution in [0.4, 0.5) is 4.39 Å². The number of hydrogen-bond donors (Lipinski definition) is 0. The molecule has 0 fully saturated rings. The monoisotopic (exact) mass is 233 g/mol. The molecule has 0 unspecified atom stereocenters. The summed E-state index contributed by atoms with van der Waals surface area (Å²) in [5.41, 5.74) is 1.47. The number of halogens is 1. The van der Waals surface area contributed by atoms with Crippen LogP contribution in [0.15, 0.2) is 30.9 Å². The third kappa shape index (κ3) is 2.70. The average Bonchev–Trinajstić information content (AvgIpc) is 2.72. The number of hydrogen-bond acceptors (Lipinski definition) is 2. The molecule has 0 saturated heterocycles. The molecule has 90 valence electrons. The largest absolute Gasteiger partial charge is 0.223 e. The fraction of sp³-hybridized carbons (Fsp3) is 0.385. The summed E-state index contributed by atoms with van der Waals surface area (Å²) in [6.45, 7) is 6.26. The summed E-state index contributed by atoms with van der Waals surface area (Å²) >= 11 is 0. The van der Waals surface area contributed by atoms with Crippen molar-refractivity contribution in [1.82, 2.24) is 14.8 Å². The van der Waals surface area contributed by atoms with E-state index in [1.807, 2.05) is 6.07 Å². The predicted octanol–water partition coefficient (Wildman–Crippen LogP) is 3.00. The zero-order valence-corrected chi connectivity index (χ0v) is 10.3. The van der Waals surface area contributed by atoms with Crippen LogP contribution >= 0.6 is 0 Å². The van der Waals surface area contributed by atoms with Gasteiger partial charge in [-0.15, -0.1) is 0 Å². The van der Waals surface area contributed by atoms with Gasteiger partial charge in [-0.1, -0.05) is 26.8 Å². The van der Waals surface area contributed by atoms with Crippen LogP contribution in [0.2, 0.25) is 0 Å². The normalized spacial score (nSPS) is 11.8. The fourth-order valence-electron chi connectivity index (χ4n) is 1.80. The van der Waals surface area contributed by atoms with E-state index in [0.29, 0.717) is 12.0 Å². The molecule has 1 heterocycles. The molecule has 1 aromatic heterocycles. The first-order chi connectivity index (χ1) is 7.97. The molecule has 17 heavy (non-hydrogen) atoms. The Balaban J connectivity index is 2.49. The Morgan fingerprint density at radius 2 is 2.06 bits per heavy atom. The first kappa shape index (κ1) is 11.8. The molecule has 0 radical (unpaired) electrons. The first-order valence-corrected chi connectivity index (χ1v) is 5.60. The van der Waals surface area contributed by atoms with Crippen molar-refractivity contribution in [3.05, 3.63) is 42.2 Å². The van der Waals surface area contributed by atoms with Gasteiger partial charge in [-0.2, -0.15) is 5.10 Å². The van der Waals surface area contributed by atoms with Gasteiger partial charge >= 0.3 is 0 Å². The molecule has 2 rings (SSSR count). The van der Waals surface area contributed by atoms with Gasteiger partial charge < -0.3 is 0 Å². The number of aromatic nitrogens is 3. The molecule has 0 amide bonds. The zero-order chi connectivity index (χ0) is 12.5. The van der Waals surface area contributed by atoms with Crippen LogP contribution in [0.5, 0.6) is 0 Å². The second-order valence-electron chi connectivity index (χ2n) is 5.32. The van der Waals surface area contributed by atoms with Crippen LogP contribution in [-0.2, 0) is 6.42 Å². The quantitative estimate of drug-likeness (QED) is 0.798. The first-order valence-electron chi connectivity index (χ1n) is 5.60. The lowest BCUT2D eigenvalue weighted by Crippen LogP contribution is -2.13. The van der Waals surface area contributed by atoms with Gasteiger partial charge in [0.15, 0.2) is 0 Å². The maximum atomic E-state index is 13.9. The van der Waals surface area contributed by atoms with E-state index in [9.17, 15) is 4.39 Å². The Kier molecular flexibility index (Phi) is 2.96. The van der Waals surface area contributed by atoms with Gasteiger partial charge in [0.05, 0.1) is 5.69 Å². The topological polar surface area (TPSA) is 30.7 Å². The number of benzene rings is 1. The lowest BCUT2D eigenvalue weighted by atomic mass is 9.87. The van der Waals surface area contributed by atoms with Gasteiger partial charge in [0.1, 0.15) is 18.5 Å². The average molecular weight is 233 g/mol. The van der Waals surface area contributed by atoms with Crippen molar-refractivity contribution in [1.29, 1.82) is 0 Å². The molecular weight excluding hydrogens is 217 g/mol. The van der Waals surface area contributed by atoms with Gasteiger partial charge in [0.2, 0.25) is 0 Å². The van der Waals surface area contributed by atoms with E-state index >= 15 is 0 Å². The molecule has 0 atom stereocenters. The Morgan fingerprint density at radius 3 is 2.65 bits per heavy atom. The van der Waals surface area contributed by atoms with Crippen LogP contribution < -0.4 is 0 Å². The summed E-state index contributed by atoms with van der Waals surface area (Å²) in [4.78, 5) is 3.90. The highest BCUT2D eigenvalue weighted by Crippen LogP contribution is 2.26. The molecule has 0 aliphatic carbocycles. The summed E-state index contributed by atoms with van der Waals surface area (Å²) < 4.78 is 15.5. The number of rotatable bonds is 2. The maximum Gasteiger partial charge on any atom is 0.138 e. The molecule has 0 saturated carbocycles. The van der Waals surface area contributed by atoms with E-state index in [-0.39, 0.29) is 11.2 Å². The van der Waals surface area contributed by atoms with Gasteiger partial charge in [0, 0.05) is 5.56 Å².